The van der Waals surface area contributed by atoms with Crippen LogP contribution in [-0.2, 0) is 20.7 Å². The highest BCUT2D eigenvalue weighted by atomic mass is 32.1. The Morgan fingerprint density at radius 1 is 1.00 bits per heavy atom. The maximum absolute atomic E-state index is 12.4. The summed E-state index contributed by atoms with van der Waals surface area (Å²) < 4.78 is 10.1. The zero-order chi connectivity index (χ0) is 19.8. The van der Waals surface area contributed by atoms with E-state index in [2.05, 4.69) is 5.32 Å². The SMILES string of the molecule is CCOC(=O)c1sc(NC(=O)CCc2ccccc2)c(C(=O)OCC)c1C. The quantitative estimate of drug-likeness (QED) is 0.691. The fraction of sp³-hybridized carbons (Fsp3) is 0.350. The van der Waals surface area contributed by atoms with Gasteiger partial charge in [0.15, 0.2) is 0 Å². The lowest BCUT2D eigenvalue weighted by Crippen LogP contribution is -2.15. The van der Waals surface area contributed by atoms with Gasteiger partial charge in [-0.25, -0.2) is 9.59 Å². The Bertz CT molecular complexity index is 813. The van der Waals surface area contributed by atoms with Gasteiger partial charge in [0.1, 0.15) is 9.88 Å². The largest absolute Gasteiger partial charge is 0.462 e. The fourth-order valence-electron chi connectivity index (χ4n) is 2.53. The van der Waals surface area contributed by atoms with Crippen LogP contribution in [0.25, 0.3) is 0 Å². The van der Waals surface area contributed by atoms with Crippen LogP contribution < -0.4 is 5.32 Å². The molecule has 6 nitrogen and oxygen atoms in total. The number of hydrogen-bond donors (Lipinski definition) is 1. The second kappa shape index (κ2) is 9.87. The van der Waals surface area contributed by atoms with Crippen LogP contribution in [0.1, 0.15) is 51.4 Å². The first kappa shape index (κ1) is 20.6. The predicted molar refractivity (Wildman–Crippen MR) is 104 cm³/mol. The Balaban J connectivity index is 2.20. The van der Waals surface area contributed by atoms with E-state index in [1.165, 1.54) is 0 Å². The zero-order valence-corrected chi connectivity index (χ0v) is 16.5. The lowest BCUT2D eigenvalue weighted by atomic mass is 10.1. The molecular weight excluding hydrogens is 366 g/mol. The summed E-state index contributed by atoms with van der Waals surface area (Å²) in [6, 6.07) is 9.65. The maximum Gasteiger partial charge on any atom is 0.348 e. The molecule has 27 heavy (non-hydrogen) atoms. The molecule has 2 rings (SSSR count). The summed E-state index contributed by atoms with van der Waals surface area (Å²) in [4.78, 5) is 37.1. The summed E-state index contributed by atoms with van der Waals surface area (Å²) in [6.07, 6.45) is 0.842. The van der Waals surface area contributed by atoms with Gasteiger partial charge in [-0.3, -0.25) is 4.79 Å². The third-order valence-electron chi connectivity index (χ3n) is 3.82. The first-order valence-electron chi connectivity index (χ1n) is 8.79. The van der Waals surface area contributed by atoms with Crippen LogP contribution in [-0.4, -0.2) is 31.1 Å². The third-order valence-corrected chi connectivity index (χ3v) is 5.01. The van der Waals surface area contributed by atoms with Crippen LogP contribution in [0.2, 0.25) is 0 Å². The number of thiophene rings is 1. The normalized spacial score (nSPS) is 10.3. The Hall–Kier alpha value is -2.67. The van der Waals surface area contributed by atoms with Gasteiger partial charge in [0.05, 0.1) is 18.8 Å². The fourth-order valence-corrected chi connectivity index (χ4v) is 3.64. The van der Waals surface area contributed by atoms with Gasteiger partial charge in [-0.2, -0.15) is 0 Å². The third kappa shape index (κ3) is 5.40. The number of rotatable bonds is 8. The summed E-state index contributed by atoms with van der Waals surface area (Å²) in [6.45, 7) is 5.48. The number of nitrogens with one attached hydrogen (secondary N) is 1. The minimum absolute atomic E-state index is 0.199. The number of carbonyl (C=O) groups is 3. The number of esters is 2. The Kier molecular flexibility index (Phi) is 7.55. The zero-order valence-electron chi connectivity index (χ0n) is 15.7. The molecule has 0 unspecified atom stereocenters. The van der Waals surface area contributed by atoms with Crippen LogP contribution in [0.5, 0.6) is 0 Å². The van der Waals surface area contributed by atoms with Crippen LogP contribution in [0.3, 0.4) is 0 Å². The maximum atomic E-state index is 12.4. The van der Waals surface area contributed by atoms with Crippen molar-refractivity contribution >= 4 is 34.2 Å². The Morgan fingerprint density at radius 2 is 1.63 bits per heavy atom. The number of anilines is 1. The molecule has 1 amide bonds. The highest BCUT2D eigenvalue weighted by Gasteiger charge is 2.27. The van der Waals surface area contributed by atoms with Gasteiger partial charge in [-0.15, -0.1) is 11.3 Å². The summed E-state index contributed by atoms with van der Waals surface area (Å²) in [5.41, 5.74) is 1.71. The minimum Gasteiger partial charge on any atom is -0.462 e. The molecule has 0 fully saturated rings. The van der Waals surface area contributed by atoms with Crippen molar-refractivity contribution in [3.05, 3.63) is 51.9 Å². The number of amides is 1. The average Bonchev–Trinajstić information content (AvgIpc) is 2.97. The van der Waals surface area contributed by atoms with Gasteiger partial charge in [0.25, 0.3) is 0 Å². The van der Waals surface area contributed by atoms with Crippen molar-refractivity contribution < 1.29 is 23.9 Å². The molecule has 0 aliphatic carbocycles. The number of carbonyl (C=O) groups excluding carboxylic acids is 3. The van der Waals surface area contributed by atoms with Crippen molar-refractivity contribution in [2.24, 2.45) is 0 Å². The highest BCUT2D eigenvalue weighted by Crippen LogP contribution is 2.34. The van der Waals surface area contributed by atoms with Crippen molar-refractivity contribution in [2.75, 3.05) is 18.5 Å². The van der Waals surface area contributed by atoms with E-state index in [0.717, 1.165) is 16.9 Å². The van der Waals surface area contributed by atoms with Crippen molar-refractivity contribution in [1.82, 2.24) is 0 Å². The minimum atomic E-state index is -0.569. The molecule has 0 aliphatic rings. The molecule has 0 aliphatic heterocycles. The van der Waals surface area contributed by atoms with Gasteiger partial charge in [-0.05, 0) is 38.3 Å². The van der Waals surface area contributed by atoms with Crippen molar-refractivity contribution in [3.8, 4) is 0 Å². The van der Waals surface area contributed by atoms with Gasteiger partial charge in [0.2, 0.25) is 5.91 Å². The molecular formula is C20H23NO5S. The molecule has 7 heteroatoms. The predicted octanol–water partition coefficient (Wildman–Crippen LogP) is 3.98. The van der Waals surface area contributed by atoms with Gasteiger partial charge in [0, 0.05) is 6.42 Å². The standard InChI is InChI=1S/C20H23NO5S/c1-4-25-19(23)16-13(3)17(20(24)26-5-2)27-18(16)21-15(22)12-11-14-9-7-6-8-10-14/h6-10H,4-5,11-12H2,1-3H3,(H,21,22). The topological polar surface area (TPSA) is 81.7 Å². The number of aryl methyl sites for hydroxylation is 1. The Labute approximate surface area is 162 Å². The van der Waals surface area contributed by atoms with E-state index in [9.17, 15) is 14.4 Å². The summed E-state index contributed by atoms with van der Waals surface area (Å²) in [5, 5.41) is 3.06. The van der Waals surface area contributed by atoms with E-state index in [1.807, 2.05) is 30.3 Å². The van der Waals surface area contributed by atoms with E-state index in [-0.39, 0.29) is 31.1 Å². The molecule has 0 spiro atoms. The van der Waals surface area contributed by atoms with Crippen LogP contribution in [0.15, 0.2) is 30.3 Å². The van der Waals surface area contributed by atoms with E-state index in [0.29, 0.717) is 21.9 Å². The van der Waals surface area contributed by atoms with Crippen LogP contribution >= 0.6 is 11.3 Å². The summed E-state index contributed by atoms with van der Waals surface area (Å²) in [5.74, 6) is -1.32. The van der Waals surface area contributed by atoms with Crippen molar-refractivity contribution in [2.45, 2.75) is 33.6 Å². The van der Waals surface area contributed by atoms with Crippen LogP contribution in [0.4, 0.5) is 5.00 Å². The molecule has 2 aromatic rings. The smallest absolute Gasteiger partial charge is 0.348 e. The van der Waals surface area contributed by atoms with E-state index < -0.39 is 11.9 Å². The lowest BCUT2D eigenvalue weighted by Gasteiger charge is -2.07. The van der Waals surface area contributed by atoms with E-state index in [1.54, 1.807) is 20.8 Å². The second-order valence-electron chi connectivity index (χ2n) is 5.74. The average molecular weight is 389 g/mol. The van der Waals surface area contributed by atoms with Gasteiger partial charge < -0.3 is 14.8 Å². The molecule has 0 radical (unpaired) electrons. The number of benzene rings is 1. The van der Waals surface area contributed by atoms with Crippen molar-refractivity contribution in [1.29, 1.82) is 0 Å². The molecule has 0 atom stereocenters. The number of ether oxygens (including phenoxy) is 2. The monoisotopic (exact) mass is 389 g/mol. The highest BCUT2D eigenvalue weighted by molar-refractivity contribution is 7.18. The summed E-state index contributed by atoms with van der Waals surface area (Å²) >= 11 is 1.03. The van der Waals surface area contributed by atoms with Crippen LogP contribution in [0, 0.1) is 6.92 Å². The molecule has 1 N–H and O–H groups in total. The van der Waals surface area contributed by atoms with E-state index >= 15 is 0 Å². The molecule has 144 valence electrons. The molecule has 1 heterocycles. The molecule has 1 aromatic carbocycles. The molecule has 0 bridgehead atoms. The summed E-state index contributed by atoms with van der Waals surface area (Å²) in [7, 11) is 0. The lowest BCUT2D eigenvalue weighted by molar-refractivity contribution is -0.116. The Morgan fingerprint density at radius 3 is 2.26 bits per heavy atom. The first-order chi connectivity index (χ1) is 13.0. The van der Waals surface area contributed by atoms with Gasteiger partial charge in [-0.1, -0.05) is 30.3 Å². The molecule has 0 saturated carbocycles. The van der Waals surface area contributed by atoms with Crippen molar-refractivity contribution in [3.63, 3.8) is 0 Å². The van der Waals surface area contributed by atoms with E-state index in [4.69, 9.17) is 9.47 Å². The molecule has 0 saturated heterocycles. The second-order valence-corrected chi connectivity index (χ2v) is 6.76. The molecule has 1 aromatic heterocycles. The number of hydrogen-bond acceptors (Lipinski definition) is 6. The first-order valence-corrected chi connectivity index (χ1v) is 9.60. The van der Waals surface area contributed by atoms with Gasteiger partial charge >= 0.3 is 11.9 Å².